The van der Waals surface area contributed by atoms with Crippen molar-refractivity contribution < 1.29 is 13.5 Å². The minimum atomic E-state index is -0.612. The normalized spacial score (nSPS) is 16.2. The van der Waals surface area contributed by atoms with Crippen molar-refractivity contribution in [3.63, 3.8) is 0 Å². The smallest absolute Gasteiger partial charge is 0.142 e. The van der Waals surface area contributed by atoms with Crippen molar-refractivity contribution in [1.82, 2.24) is 14.9 Å². The van der Waals surface area contributed by atoms with Gasteiger partial charge in [-0.05, 0) is 49.6 Å². The zero-order valence-electron chi connectivity index (χ0n) is 20.4. The number of nitrogens with one attached hydrogen (secondary N) is 1. The van der Waals surface area contributed by atoms with Crippen molar-refractivity contribution in [3.05, 3.63) is 70.1 Å². The van der Waals surface area contributed by atoms with Crippen LogP contribution in [0.3, 0.4) is 0 Å². The Morgan fingerprint density at radius 1 is 1.03 bits per heavy atom. The Labute approximate surface area is 215 Å². The van der Waals surface area contributed by atoms with Gasteiger partial charge in [0.05, 0.1) is 29.6 Å². The summed E-state index contributed by atoms with van der Waals surface area (Å²) < 4.78 is 33.9. The molecule has 0 amide bonds. The van der Waals surface area contributed by atoms with Gasteiger partial charge in [-0.3, -0.25) is 9.88 Å². The van der Waals surface area contributed by atoms with Gasteiger partial charge in [-0.25, -0.2) is 13.8 Å². The second kappa shape index (κ2) is 11.1. The second-order valence-corrected chi connectivity index (χ2v) is 9.63. The molecule has 36 heavy (non-hydrogen) atoms. The van der Waals surface area contributed by atoms with E-state index in [2.05, 4.69) is 20.1 Å². The van der Waals surface area contributed by atoms with Crippen LogP contribution < -0.4 is 10.2 Å². The molecule has 0 radical (unpaired) electrons. The molecule has 3 aromatic rings. The fourth-order valence-corrected chi connectivity index (χ4v) is 5.19. The second-order valence-electron chi connectivity index (χ2n) is 9.25. The Morgan fingerprint density at radius 2 is 1.83 bits per heavy atom. The van der Waals surface area contributed by atoms with Crippen molar-refractivity contribution in [3.8, 4) is 11.1 Å². The topological polar surface area (TPSA) is 53.5 Å². The minimum absolute atomic E-state index is 0.162. The molecule has 0 bridgehead atoms. The van der Waals surface area contributed by atoms with Gasteiger partial charge in [0, 0.05) is 68.4 Å². The summed E-state index contributed by atoms with van der Waals surface area (Å²) in [4.78, 5) is 13.8. The van der Waals surface area contributed by atoms with Gasteiger partial charge >= 0.3 is 0 Å². The van der Waals surface area contributed by atoms with Crippen LogP contribution in [0.5, 0.6) is 0 Å². The third kappa shape index (κ3) is 5.31. The van der Waals surface area contributed by atoms with Gasteiger partial charge in [0.15, 0.2) is 0 Å². The lowest BCUT2D eigenvalue weighted by molar-refractivity contribution is 0.0398. The van der Waals surface area contributed by atoms with Crippen molar-refractivity contribution in [1.29, 1.82) is 0 Å². The number of hydrogen-bond donors (Lipinski definition) is 1. The molecule has 9 heteroatoms. The standard InChI is InChI=1S/C27H30ClF2N5O/c1-18-20(19-4-7-25(33-15-19)31-8-10-34-11-13-36-14-12-34)16-32-24-3-2-9-35(27(18)24)17-21-22(29)5-6-23(30)26(21)28/h4-7,15-16H,2-3,8-14,17H2,1H3,(H,31,33). The molecule has 0 spiro atoms. The summed E-state index contributed by atoms with van der Waals surface area (Å²) in [5, 5.41) is 3.23. The molecule has 5 rings (SSSR count). The molecule has 6 nitrogen and oxygen atoms in total. The molecule has 0 saturated carbocycles. The van der Waals surface area contributed by atoms with Crippen LogP contribution in [-0.2, 0) is 17.7 Å². The predicted molar refractivity (Wildman–Crippen MR) is 139 cm³/mol. The number of ether oxygens (including phenoxy) is 1. The first kappa shape index (κ1) is 24.9. The zero-order chi connectivity index (χ0) is 25.1. The molecule has 0 atom stereocenters. The van der Waals surface area contributed by atoms with Crippen LogP contribution >= 0.6 is 11.6 Å². The van der Waals surface area contributed by atoms with Gasteiger partial charge in [-0.1, -0.05) is 11.6 Å². The minimum Gasteiger partial charge on any atom is -0.379 e. The van der Waals surface area contributed by atoms with Gasteiger partial charge in [0.1, 0.15) is 17.5 Å². The van der Waals surface area contributed by atoms with Crippen LogP contribution in [0.2, 0.25) is 5.02 Å². The quantitative estimate of drug-likeness (QED) is 0.445. The highest BCUT2D eigenvalue weighted by atomic mass is 35.5. The van der Waals surface area contributed by atoms with Crippen LogP contribution in [0.25, 0.3) is 11.1 Å². The molecule has 190 valence electrons. The summed E-state index contributed by atoms with van der Waals surface area (Å²) in [6.07, 6.45) is 5.47. The van der Waals surface area contributed by atoms with E-state index in [0.29, 0.717) is 0 Å². The number of morpholine rings is 1. The van der Waals surface area contributed by atoms with Gasteiger partial charge < -0.3 is 15.0 Å². The largest absolute Gasteiger partial charge is 0.379 e. The maximum Gasteiger partial charge on any atom is 0.142 e. The van der Waals surface area contributed by atoms with E-state index in [4.69, 9.17) is 21.3 Å². The predicted octanol–water partition coefficient (Wildman–Crippen LogP) is 5.08. The summed E-state index contributed by atoms with van der Waals surface area (Å²) in [6, 6.07) is 6.21. The Kier molecular flexibility index (Phi) is 7.65. The van der Waals surface area contributed by atoms with Crippen LogP contribution in [0, 0.1) is 18.6 Å². The number of anilines is 2. The first-order valence-electron chi connectivity index (χ1n) is 12.4. The van der Waals surface area contributed by atoms with E-state index < -0.39 is 11.6 Å². The van der Waals surface area contributed by atoms with E-state index in [-0.39, 0.29) is 17.1 Å². The van der Waals surface area contributed by atoms with Crippen LogP contribution in [0.15, 0.2) is 36.7 Å². The lowest BCUT2D eigenvalue weighted by Gasteiger charge is -2.33. The number of hydrogen-bond acceptors (Lipinski definition) is 6. The number of benzene rings is 1. The highest BCUT2D eigenvalue weighted by molar-refractivity contribution is 6.31. The van der Waals surface area contributed by atoms with E-state index in [1.165, 1.54) is 0 Å². The molecule has 1 fully saturated rings. The molecule has 1 N–H and O–H groups in total. The van der Waals surface area contributed by atoms with Crippen molar-refractivity contribution in [2.24, 2.45) is 0 Å². The van der Waals surface area contributed by atoms with E-state index >= 15 is 0 Å². The van der Waals surface area contributed by atoms with Crippen molar-refractivity contribution in [2.45, 2.75) is 26.3 Å². The third-order valence-corrected chi connectivity index (χ3v) is 7.35. The van der Waals surface area contributed by atoms with E-state index in [1.54, 1.807) is 0 Å². The summed E-state index contributed by atoms with van der Waals surface area (Å²) in [5.74, 6) is -0.289. The molecule has 2 aliphatic rings. The number of halogens is 3. The molecule has 0 unspecified atom stereocenters. The van der Waals surface area contributed by atoms with Gasteiger partial charge in [0.25, 0.3) is 0 Å². The molecular weight excluding hydrogens is 484 g/mol. The van der Waals surface area contributed by atoms with Gasteiger partial charge in [-0.2, -0.15) is 0 Å². The highest BCUT2D eigenvalue weighted by Gasteiger charge is 2.25. The first-order chi connectivity index (χ1) is 17.5. The Morgan fingerprint density at radius 3 is 2.61 bits per heavy atom. The van der Waals surface area contributed by atoms with Crippen LogP contribution in [-0.4, -0.2) is 60.8 Å². The Balaban J connectivity index is 1.33. The molecule has 2 aliphatic heterocycles. The number of nitrogens with zero attached hydrogens (tertiary/aromatic N) is 4. The summed E-state index contributed by atoms with van der Waals surface area (Å²) in [7, 11) is 0. The summed E-state index contributed by atoms with van der Waals surface area (Å²) in [6.45, 7) is 8.24. The average Bonchev–Trinajstić information content (AvgIpc) is 2.90. The van der Waals surface area contributed by atoms with E-state index in [9.17, 15) is 8.78 Å². The van der Waals surface area contributed by atoms with Crippen molar-refractivity contribution >= 4 is 23.1 Å². The molecular formula is C27H30ClF2N5O. The average molecular weight is 514 g/mol. The number of aryl methyl sites for hydroxylation is 1. The lowest BCUT2D eigenvalue weighted by Crippen LogP contribution is -2.39. The Bertz CT molecular complexity index is 1220. The molecule has 0 aliphatic carbocycles. The molecule has 4 heterocycles. The van der Waals surface area contributed by atoms with Crippen LogP contribution in [0.1, 0.15) is 23.2 Å². The highest BCUT2D eigenvalue weighted by Crippen LogP contribution is 2.37. The number of pyridine rings is 2. The van der Waals surface area contributed by atoms with Crippen LogP contribution in [0.4, 0.5) is 20.3 Å². The maximum atomic E-state index is 14.5. The summed E-state index contributed by atoms with van der Waals surface area (Å²) in [5.41, 5.74) is 5.07. The fraction of sp³-hybridized carbons (Fsp3) is 0.407. The zero-order valence-corrected chi connectivity index (χ0v) is 21.1. The van der Waals surface area contributed by atoms with E-state index in [0.717, 1.165) is 105 Å². The van der Waals surface area contributed by atoms with E-state index in [1.807, 2.05) is 31.5 Å². The molecule has 2 aromatic heterocycles. The fourth-order valence-electron chi connectivity index (χ4n) is 4.97. The lowest BCUT2D eigenvalue weighted by atomic mass is 9.96. The molecule has 1 aromatic carbocycles. The maximum absolute atomic E-state index is 14.5. The third-order valence-electron chi connectivity index (χ3n) is 6.94. The Hall–Kier alpha value is -2.81. The molecule has 1 saturated heterocycles. The van der Waals surface area contributed by atoms with Gasteiger partial charge in [-0.15, -0.1) is 0 Å². The number of fused-ring (bicyclic) bond motifs is 1. The van der Waals surface area contributed by atoms with Crippen molar-refractivity contribution in [2.75, 3.05) is 56.2 Å². The first-order valence-corrected chi connectivity index (χ1v) is 12.7. The number of rotatable bonds is 7. The monoisotopic (exact) mass is 513 g/mol. The van der Waals surface area contributed by atoms with Gasteiger partial charge in [0.2, 0.25) is 0 Å². The number of aromatic nitrogens is 2. The summed E-state index contributed by atoms with van der Waals surface area (Å²) >= 11 is 6.13. The SMILES string of the molecule is Cc1c(-c2ccc(NCCN3CCOCC3)nc2)cnc2c1N(Cc1c(F)ccc(F)c1Cl)CCC2.